The molecule has 196 valence electrons. The molecule has 0 fully saturated rings. The zero-order valence-corrected chi connectivity index (χ0v) is 21.4. The first-order valence-corrected chi connectivity index (χ1v) is 13.2. The summed E-state index contributed by atoms with van der Waals surface area (Å²) >= 11 is 1.10. The van der Waals surface area contributed by atoms with Crippen molar-refractivity contribution in [3.63, 3.8) is 0 Å². The minimum Gasteiger partial charge on any atom is -0.385 e. The Morgan fingerprint density at radius 3 is 2.49 bits per heavy atom. The van der Waals surface area contributed by atoms with Crippen molar-refractivity contribution in [3.05, 3.63) is 70.0 Å². The van der Waals surface area contributed by atoms with Crippen LogP contribution in [0.25, 0.3) is 0 Å². The number of hydrogen-bond acceptors (Lipinski definition) is 9. The van der Waals surface area contributed by atoms with Crippen LogP contribution < -0.4 is 9.62 Å². The monoisotopic (exact) mass is 553 g/mol. The lowest BCUT2D eigenvalue weighted by molar-refractivity contribution is -0.141. The van der Waals surface area contributed by atoms with Crippen LogP contribution >= 0.6 is 11.3 Å². The Labute approximate surface area is 215 Å². The Morgan fingerprint density at radius 1 is 1.22 bits per heavy atom. The highest BCUT2D eigenvalue weighted by Crippen LogP contribution is 2.34. The van der Waals surface area contributed by atoms with Crippen molar-refractivity contribution in [2.45, 2.75) is 26.1 Å². The number of aromatic nitrogens is 2. The molecule has 0 spiro atoms. The molecule has 0 bridgehead atoms. The van der Waals surface area contributed by atoms with Crippen LogP contribution in [0.5, 0.6) is 0 Å². The lowest BCUT2D eigenvalue weighted by atomic mass is 10.2. The third-order valence-electron chi connectivity index (χ3n) is 5.00. The van der Waals surface area contributed by atoms with E-state index in [9.17, 15) is 26.4 Å². The van der Waals surface area contributed by atoms with Crippen molar-refractivity contribution in [2.24, 2.45) is 0 Å². The molecule has 0 aliphatic carbocycles. The molecule has 0 saturated carbocycles. The fourth-order valence-corrected chi connectivity index (χ4v) is 5.10. The number of halogens is 3. The van der Waals surface area contributed by atoms with Gasteiger partial charge in [0.15, 0.2) is 5.13 Å². The number of sulfonamides is 1. The van der Waals surface area contributed by atoms with Crippen molar-refractivity contribution in [2.75, 3.05) is 24.4 Å². The second-order valence-corrected chi connectivity index (χ2v) is 10.8. The number of aryl methyl sites for hydroxylation is 1. The van der Waals surface area contributed by atoms with E-state index in [1.54, 1.807) is 36.1 Å². The van der Waals surface area contributed by atoms with E-state index >= 15 is 0 Å². The summed E-state index contributed by atoms with van der Waals surface area (Å²) in [6.45, 7) is 1.86. The van der Waals surface area contributed by atoms with Gasteiger partial charge in [-0.1, -0.05) is 6.07 Å². The van der Waals surface area contributed by atoms with Gasteiger partial charge in [0.05, 0.1) is 23.9 Å². The molecule has 37 heavy (non-hydrogen) atoms. The average Bonchev–Trinajstić information content (AvgIpc) is 3.23. The number of carbonyl (C=O) groups excluding carboxylic acids is 1. The molecular weight excluding hydrogens is 531 g/mol. The molecule has 1 amide bonds. The van der Waals surface area contributed by atoms with Gasteiger partial charge in [-0.25, -0.2) is 18.1 Å². The summed E-state index contributed by atoms with van der Waals surface area (Å²) in [4.78, 5) is 22.6. The summed E-state index contributed by atoms with van der Waals surface area (Å²) in [6.07, 6.45) is -3.28. The molecule has 0 aliphatic rings. The molecule has 0 saturated heterocycles. The number of nitrogens with one attached hydrogen (secondary N) is 1. The fraction of sp³-hybridized carbons (Fsp3) is 0.304. The van der Waals surface area contributed by atoms with Crippen LogP contribution in [0, 0.1) is 18.3 Å². The van der Waals surface area contributed by atoms with E-state index in [1.165, 1.54) is 13.2 Å². The molecule has 1 N–H and O–H groups in total. The first-order valence-electron chi connectivity index (χ1n) is 10.7. The van der Waals surface area contributed by atoms with Crippen molar-refractivity contribution < 1.29 is 31.1 Å². The summed E-state index contributed by atoms with van der Waals surface area (Å²) in [5, 5.41) is 9.39. The highest BCUT2D eigenvalue weighted by Gasteiger charge is 2.32. The van der Waals surface area contributed by atoms with E-state index < -0.39 is 27.8 Å². The molecule has 14 heteroatoms. The van der Waals surface area contributed by atoms with E-state index in [0.717, 1.165) is 23.6 Å². The van der Waals surface area contributed by atoms with Gasteiger partial charge in [-0.2, -0.15) is 18.4 Å². The van der Waals surface area contributed by atoms with Crippen LogP contribution in [-0.4, -0.2) is 43.8 Å². The van der Waals surface area contributed by atoms with Gasteiger partial charge in [-0.15, -0.1) is 11.3 Å². The smallest absolute Gasteiger partial charge is 0.385 e. The minimum absolute atomic E-state index is 0.0420. The van der Waals surface area contributed by atoms with Crippen molar-refractivity contribution in [1.82, 2.24) is 14.7 Å². The summed E-state index contributed by atoms with van der Waals surface area (Å²) < 4.78 is 70.0. The third kappa shape index (κ3) is 7.48. The molecule has 2 aromatic heterocycles. The number of ether oxygens (including phenoxy) is 1. The van der Waals surface area contributed by atoms with Crippen molar-refractivity contribution in [1.29, 1.82) is 5.26 Å². The Hall–Kier alpha value is -3.54. The van der Waals surface area contributed by atoms with E-state index in [0.29, 0.717) is 26.8 Å². The van der Waals surface area contributed by atoms with Crippen LogP contribution in [-0.2, 0) is 27.5 Å². The minimum atomic E-state index is -4.58. The van der Waals surface area contributed by atoms with Gasteiger partial charge in [-0.05, 0) is 49.2 Å². The Morgan fingerprint density at radius 2 is 1.92 bits per heavy atom. The lowest BCUT2D eigenvalue weighted by Crippen LogP contribution is -2.33. The molecule has 0 radical (unpaired) electrons. The lowest BCUT2D eigenvalue weighted by Gasteiger charge is -2.22. The first-order chi connectivity index (χ1) is 17.4. The van der Waals surface area contributed by atoms with Crippen LogP contribution in [0.3, 0.4) is 0 Å². The predicted octanol–water partition coefficient (Wildman–Crippen LogP) is 4.17. The highest BCUT2D eigenvalue weighted by molar-refractivity contribution is 7.90. The summed E-state index contributed by atoms with van der Waals surface area (Å²) in [6, 6.07) is 10.5. The number of carbonyl (C=O) groups is 1. The number of pyridine rings is 1. The van der Waals surface area contributed by atoms with Crippen molar-refractivity contribution >= 4 is 38.1 Å². The summed E-state index contributed by atoms with van der Waals surface area (Å²) in [7, 11) is -2.48. The second kappa shape index (κ2) is 11.7. The molecule has 3 rings (SSSR count). The largest absolute Gasteiger partial charge is 0.433 e. The topological polar surface area (TPSA) is 125 Å². The SMILES string of the molecule is COCCCS(=O)(=O)NC(=O)c1nc(N(Cc2ccc(C(F)(F)F)nc2)c2ccc(C#N)cc2)sc1C. The Balaban J connectivity index is 1.92. The Kier molecular flexibility index (Phi) is 8.85. The quantitative estimate of drug-likeness (QED) is 0.371. The number of nitrogens with zero attached hydrogens (tertiary/aromatic N) is 4. The summed E-state index contributed by atoms with van der Waals surface area (Å²) in [5.74, 6) is -1.20. The number of amides is 1. The number of rotatable bonds is 10. The van der Waals surface area contributed by atoms with Gasteiger partial charge in [-0.3, -0.25) is 9.78 Å². The third-order valence-corrected chi connectivity index (χ3v) is 7.32. The molecule has 9 nitrogen and oxygen atoms in total. The van der Waals surface area contributed by atoms with Gasteiger partial charge >= 0.3 is 6.18 Å². The van der Waals surface area contributed by atoms with Gasteiger partial charge in [0.25, 0.3) is 5.91 Å². The van der Waals surface area contributed by atoms with Gasteiger partial charge in [0.1, 0.15) is 11.4 Å². The molecule has 2 heterocycles. The average molecular weight is 554 g/mol. The zero-order chi connectivity index (χ0) is 27.2. The van der Waals surface area contributed by atoms with E-state index in [2.05, 4.69) is 9.97 Å². The van der Waals surface area contributed by atoms with Crippen LogP contribution in [0.1, 0.15) is 38.6 Å². The molecule has 0 aliphatic heterocycles. The maximum absolute atomic E-state index is 12.9. The standard InChI is InChI=1S/C23H22F3N5O4S2/c1-15-20(21(32)30-37(33,34)11-3-10-35-2)29-22(36-15)31(18-7-4-16(12-27)5-8-18)14-17-6-9-19(28-13-17)23(24,25)26/h4-9,13H,3,10-11,14H2,1-2H3,(H,30,32). The normalized spacial score (nSPS) is 11.7. The molecule has 0 unspecified atom stereocenters. The molecule has 3 aromatic rings. The number of thiazole rings is 1. The first kappa shape index (κ1) is 28.0. The predicted molar refractivity (Wildman–Crippen MR) is 131 cm³/mol. The second-order valence-electron chi connectivity index (χ2n) is 7.79. The van der Waals surface area contributed by atoms with E-state index in [-0.39, 0.29) is 31.0 Å². The van der Waals surface area contributed by atoms with Gasteiger partial charge in [0.2, 0.25) is 10.0 Å². The van der Waals surface area contributed by atoms with E-state index in [4.69, 9.17) is 10.00 Å². The van der Waals surface area contributed by atoms with E-state index in [1.807, 2.05) is 10.8 Å². The van der Waals surface area contributed by atoms with Crippen LogP contribution in [0.15, 0.2) is 42.6 Å². The van der Waals surface area contributed by atoms with Crippen LogP contribution in [0.2, 0.25) is 0 Å². The maximum atomic E-state index is 12.9. The van der Waals surface area contributed by atoms with Gasteiger partial charge < -0.3 is 9.64 Å². The maximum Gasteiger partial charge on any atom is 0.433 e. The number of hydrogen-bond donors (Lipinski definition) is 1. The molecule has 1 aromatic carbocycles. The number of nitriles is 1. The summed E-state index contributed by atoms with van der Waals surface area (Å²) in [5.41, 5.74) is 0.245. The fourth-order valence-electron chi connectivity index (χ4n) is 3.20. The molecular formula is C23H22F3N5O4S2. The van der Waals surface area contributed by atoms with Crippen molar-refractivity contribution in [3.8, 4) is 6.07 Å². The van der Waals surface area contributed by atoms with Crippen LogP contribution in [0.4, 0.5) is 24.0 Å². The number of anilines is 2. The molecule has 0 atom stereocenters. The number of methoxy groups -OCH3 is 1. The number of alkyl halides is 3. The number of benzene rings is 1. The zero-order valence-electron chi connectivity index (χ0n) is 19.7. The highest BCUT2D eigenvalue weighted by atomic mass is 32.2. The van der Waals surface area contributed by atoms with Gasteiger partial charge in [0, 0.05) is 30.5 Å². The Bertz CT molecular complexity index is 1380.